The van der Waals surface area contributed by atoms with E-state index in [1.54, 1.807) is 11.3 Å². The zero-order valence-corrected chi connectivity index (χ0v) is 16.8. The maximum Gasteiger partial charge on any atom is 0.141 e. The van der Waals surface area contributed by atoms with E-state index < -0.39 is 0 Å². The molecule has 0 amide bonds. The summed E-state index contributed by atoms with van der Waals surface area (Å²) in [6.45, 7) is 14.2. The summed E-state index contributed by atoms with van der Waals surface area (Å²) in [5, 5.41) is 13.2. The summed E-state index contributed by atoms with van der Waals surface area (Å²) in [5.74, 6) is 2.56. The third-order valence-electron chi connectivity index (χ3n) is 4.74. The SMILES string of the molecule is Cc1nc(N2CCN(C[C@@H](C)O)C[C@@H]2C)c2c(CC(C)C)csc2n1. The van der Waals surface area contributed by atoms with Crippen molar-refractivity contribution in [3.63, 3.8) is 0 Å². The number of nitrogens with zero attached hydrogens (tertiary/aromatic N) is 4. The van der Waals surface area contributed by atoms with Gasteiger partial charge >= 0.3 is 0 Å². The highest BCUT2D eigenvalue weighted by Gasteiger charge is 2.28. The molecule has 1 fully saturated rings. The van der Waals surface area contributed by atoms with Crippen LogP contribution in [0.2, 0.25) is 0 Å². The number of hydrogen-bond donors (Lipinski definition) is 1. The van der Waals surface area contributed by atoms with E-state index in [9.17, 15) is 5.11 Å². The van der Waals surface area contributed by atoms with Gasteiger partial charge in [0.1, 0.15) is 16.5 Å². The monoisotopic (exact) mass is 362 g/mol. The summed E-state index contributed by atoms with van der Waals surface area (Å²) >= 11 is 1.74. The third-order valence-corrected chi connectivity index (χ3v) is 5.66. The number of anilines is 1. The van der Waals surface area contributed by atoms with Gasteiger partial charge in [-0.25, -0.2) is 9.97 Å². The highest BCUT2D eigenvalue weighted by atomic mass is 32.1. The van der Waals surface area contributed by atoms with Crippen LogP contribution in [0.15, 0.2) is 5.38 Å². The second kappa shape index (κ2) is 7.56. The quantitative estimate of drug-likeness (QED) is 0.886. The molecule has 0 unspecified atom stereocenters. The van der Waals surface area contributed by atoms with Crippen molar-refractivity contribution in [3.8, 4) is 0 Å². The molecule has 1 saturated heterocycles. The molecule has 1 aliphatic heterocycles. The Bertz CT molecular complexity index is 728. The number of aromatic nitrogens is 2. The fourth-order valence-corrected chi connectivity index (χ4v) is 4.76. The molecule has 0 saturated carbocycles. The summed E-state index contributed by atoms with van der Waals surface area (Å²) in [6.07, 6.45) is 0.789. The van der Waals surface area contributed by atoms with Crippen LogP contribution in [-0.2, 0) is 6.42 Å². The zero-order valence-electron chi connectivity index (χ0n) is 16.0. The molecular formula is C19H30N4OS. The van der Waals surface area contributed by atoms with Crippen LogP contribution in [0.3, 0.4) is 0 Å². The number of hydrogen-bond acceptors (Lipinski definition) is 6. The summed E-state index contributed by atoms with van der Waals surface area (Å²) in [4.78, 5) is 15.4. The van der Waals surface area contributed by atoms with E-state index >= 15 is 0 Å². The average molecular weight is 363 g/mol. The lowest BCUT2D eigenvalue weighted by atomic mass is 10.0. The Kier molecular flexibility index (Phi) is 5.61. The summed E-state index contributed by atoms with van der Waals surface area (Å²) in [7, 11) is 0. The van der Waals surface area contributed by atoms with Crippen molar-refractivity contribution in [1.29, 1.82) is 0 Å². The molecule has 2 aromatic heterocycles. The van der Waals surface area contributed by atoms with Crippen molar-refractivity contribution in [2.24, 2.45) is 5.92 Å². The highest BCUT2D eigenvalue weighted by molar-refractivity contribution is 7.17. The van der Waals surface area contributed by atoms with Crippen molar-refractivity contribution in [2.75, 3.05) is 31.1 Å². The van der Waals surface area contributed by atoms with Crippen LogP contribution < -0.4 is 4.90 Å². The maximum absolute atomic E-state index is 9.67. The smallest absolute Gasteiger partial charge is 0.141 e. The summed E-state index contributed by atoms with van der Waals surface area (Å²) in [5.41, 5.74) is 1.38. The first-order valence-electron chi connectivity index (χ1n) is 9.27. The fourth-order valence-electron chi connectivity index (χ4n) is 3.77. The third kappa shape index (κ3) is 4.13. The topological polar surface area (TPSA) is 52.5 Å². The molecular weight excluding hydrogens is 332 g/mol. The van der Waals surface area contributed by atoms with Crippen LogP contribution in [0, 0.1) is 12.8 Å². The van der Waals surface area contributed by atoms with Gasteiger partial charge in [0.25, 0.3) is 0 Å². The van der Waals surface area contributed by atoms with Gasteiger partial charge in [-0.1, -0.05) is 13.8 Å². The van der Waals surface area contributed by atoms with E-state index in [0.717, 1.165) is 49.1 Å². The van der Waals surface area contributed by atoms with Crippen molar-refractivity contribution in [2.45, 2.75) is 53.2 Å². The Morgan fingerprint density at radius 1 is 1.28 bits per heavy atom. The standard InChI is InChI=1S/C19H30N4OS/c1-12(2)8-16-11-25-19-17(16)18(20-15(5)21-19)23-7-6-22(9-13(23)3)10-14(4)24/h11-14,24H,6-10H2,1-5H3/t13-,14+/m0/s1. The van der Waals surface area contributed by atoms with Gasteiger partial charge in [0.2, 0.25) is 0 Å². The molecule has 5 nitrogen and oxygen atoms in total. The van der Waals surface area contributed by atoms with Crippen LogP contribution in [0.5, 0.6) is 0 Å². The van der Waals surface area contributed by atoms with Gasteiger partial charge in [-0.2, -0.15) is 0 Å². The van der Waals surface area contributed by atoms with Gasteiger partial charge in [0, 0.05) is 32.2 Å². The van der Waals surface area contributed by atoms with E-state index in [1.165, 1.54) is 10.9 Å². The largest absolute Gasteiger partial charge is 0.392 e. The molecule has 0 aliphatic carbocycles. The van der Waals surface area contributed by atoms with Gasteiger partial charge in [0.15, 0.2) is 0 Å². The fraction of sp³-hybridized carbons (Fsp3) is 0.684. The van der Waals surface area contributed by atoms with E-state index in [-0.39, 0.29) is 6.10 Å². The van der Waals surface area contributed by atoms with Gasteiger partial charge in [-0.15, -0.1) is 11.3 Å². The molecule has 3 heterocycles. The minimum absolute atomic E-state index is 0.277. The molecule has 138 valence electrons. The number of rotatable bonds is 5. The second-order valence-electron chi connectivity index (χ2n) is 7.78. The van der Waals surface area contributed by atoms with Crippen LogP contribution in [-0.4, -0.2) is 58.3 Å². The van der Waals surface area contributed by atoms with Crippen LogP contribution in [0.25, 0.3) is 10.2 Å². The van der Waals surface area contributed by atoms with Gasteiger partial charge in [0.05, 0.1) is 11.5 Å². The number of β-amino-alcohol motifs (C(OH)–C–C–N with tert-alkyl or cyclic N) is 1. The van der Waals surface area contributed by atoms with Crippen molar-refractivity contribution in [3.05, 3.63) is 16.8 Å². The first kappa shape index (κ1) is 18.5. The van der Waals surface area contributed by atoms with Crippen molar-refractivity contribution >= 4 is 27.4 Å². The molecule has 0 aromatic carbocycles. The van der Waals surface area contributed by atoms with Crippen LogP contribution in [0.1, 0.15) is 39.1 Å². The Labute approximate surface area is 154 Å². The minimum Gasteiger partial charge on any atom is -0.392 e. The van der Waals surface area contributed by atoms with Crippen LogP contribution >= 0.6 is 11.3 Å². The molecule has 0 bridgehead atoms. The molecule has 1 N–H and O–H groups in total. The average Bonchev–Trinajstić information content (AvgIpc) is 2.88. The molecule has 6 heteroatoms. The summed E-state index contributed by atoms with van der Waals surface area (Å²) in [6, 6.07) is 0.372. The molecule has 0 spiro atoms. The minimum atomic E-state index is -0.277. The van der Waals surface area contributed by atoms with E-state index in [4.69, 9.17) is 4.98 Å². The Balaban J connectivity index is 1.93. The lowest BCUT2D eigenvalue weighted by Crippen LogP contribution is -2.53. The molecule has 1 aliphatic rings. The van der Waals surface area contributed by atoms with Gasteiger partial charge in [-0.05, 0) is 44.1 Å². The van der Waals surface area contributed by atoms with Gasteiger partial charge < -0.3 is 10.0 Å². The predicted molar refractivity (Wildman–Crippen MR) is 106 cm³/mol. The molecule has 3 rings (SSSR count). The Hall–Kier alpha value is -1.24. The van der Waals surface area contributed by atoms with Gasteiger partial charge in [-0.3, -0.25) is 4.90 Å². The maximum atomic E-state index is 9.67. The zero-order chi connectivity index (χ0) is 18.1. The Morgan fingerprint density at radius 2 is 2.04 bits per heavy atom. The van der Waals surface area contributed by atoms with E-state index in [2.05, 4.69) is 40.9 Å². The first-order valence-corrected chi connectivity index (χ1v) is 10.1. The van der Waals surface area contributed by atoms with E-state index in [1.807, 2.05) is 13.8 Å². The molecule has 2 atom stereocenters. The normalized spacial score (nSPS) is 20.6. The summed E-state index contributed by atoms with van der Waals surface area (Å²) < 4.78 is 0. The van der Waals surface area contributed by atoms with Crippen molar-refractivity contribution < 1.29 is 5.11 Å². The number of aliphatic hydroxyl groups excluding tert-OH is 1. The van der Waals surface area contributed by atoms with Crippen molar-refractivity contribution in [1.82, 2.24) is 14.9 Å². The lowest BCUT2D eigenvalue weighted by Gasteiger charge is -2.41. The highest BCUT2D eigenvalue weighted by Crippen LogP contribution is 2.35. The number of thiophene rings is 1. The molecule has 2 aromatic rings. The number of aryl methyl sites for hydroxylation is 1. The number of fused-ring (bicyclic) bond motifs is 1. The first-order chi connectivity index (χ1) is 11.8. The van der Waals surface area contributed by atoms with E-state index in [0.29, 0.717) is 12.0 Å². The molecule has 0 radical (unpaired) electrons. The lowest BCUT2D eigenvalue weighted by molar-refractivity contribution is 0.114. The number of piperazine rings is 1. The predicted octanol–water partition coefficient (Wildman–Crippen LogP) is 3.09. The number of aliphatic hydroxyl groups is 1. The molecule has 25 heavy (non-hydrogen) atoms. The Morgan fingerprint density at radius 3 is 2.68 bits per heavy atom. The second-order valence-corrected chi connectivity index (χ2v) is 8.64. The van der Waals surface area contributed by atoms with Crippen LogP contribution in [0.4, 0.5) is 5.82 Å².